The fourth-order valence-corrected chi connectivity index (χ4v) is 4.62. The van der Waals surface area contributed by atoms with E-state index < -0.39 is 24.4 Å². The van der Waals surface area contributed by atoms with Crippen LogP contribution in [0.4, 0.5) is 0 Å². The minimum Gasteiger partial charge on any atom is -0.390 e. The topological polar surface area (TPSA) is 57.2 Å². The van der Waals surface area contributed by atoms with Crippen LogP contribution in [-0.2, 0) is 38.8 Å². The molecule has 0 bridgehead atoms. The normalized spacial score (nSPS) is 25.0. The van der Waals surface area contributed by atoms with Gasteiger partial charge in [-0.25, -0.2) is 0 Å². The molecule has 186 valence electrons. The lowest BCUT2D eigenvalue weighted by atomic mass is 9.89. The molecule has 5 heteroatoms. The van der Waals surface area contributed by atoms with Gasteiger partial charge in [0.25, 0.3) is 0 Å². The van der Waals surface area contributed by atoms with E-state index >= 15 is 0 Å². The number of hydrogen-bond acceptors (Lipinski definition) is 5. The summed E-state index contributed by atoms with van der Waals surface area (Å²) in [5, 5.41) is 11.2. The van der Waals surface area contributed by atoms with Crippen LogP contribution in [0, 0.1) is 0 Å². The monoisotopic (exact) mass is 476 g/mol. The molecule has 5 atom stereocenters. The largest absolute Gasteiger partial charge is 0.390 e. The predicted molar refractivity (Wildman–Crippen MR) is 136 cm³/mol. The Morgan fingerprint density at radius 3 is 1.49 bits per heavy atom. The number of benzene rings is 3. The van der Waals surface area contributed by atoms with Gasteiger partial charge in [0.2, 0.25) is 0 Å². The molecule has 0 spiro atoms. The predicted octanol–water partition coefficient (Wildman–Crippen LogP) is 5.30. The van der Waals surface area contributed by atoms with Gasteiger partial charge in [0.15, 0.2) is 0 Å². The molecule has 3 aromatic carbocycles. The van der Waals surface area contributed by atoms with Crippen LogP contribution < -0.4 is 0 Å². The van der Waals surface area contributed by atoms with Crippen LogP contribution in [-0.4, -0.2) is 42.7 Å². The summed E-state index contributed by atoms with van der Waals surface area (Å²) in [4.78, 5) is 0. The Balaban J connectivity index is 1.59. The van der Waals surface area contributed by atoms with Crippen molar-refractivity contribution in [2.75, 3.05) is 7.11 Å². The Bertz CT molecular complexity index is 966. The van der Waals surface area contributed by atoms with Crippen molar-refractivity contribution in [3.8, 4) is 0 Å². The Morgan fingerprint density at radius 1 is 0.600 bits per heavy atom. The Labute approximate surface area is 208 Å². The van der Waals surface area contributed by atoms with E-state index in [1.165, 1.54) is 0 Å². The molecule has 0 heterocycles. The second-order valence-corrected chi connectivity index (χ2v) is 9.06. The average molecular weight is 477 g/mol. The Hall–Kier alpha value is -2.54. The zero-order chi connectivity index (χ0) is 24.3. The molecule has 3 aromatic rings. The maximum Gasteiger partial charge on any atom is 0.115 e. The summed E-state index contributed by atoms with van der Waals surface area (Å²) < 4.78 is 25.3. The minimum atomic E-state index is -0.667. The van der Waals surface area contributed by atoms with Crippen molar-refractivity contribution >= 4 is 0 Å². The first-order valence-corrected chi connectivity index (χ1v) is 12.4. The SMILES string of the molecule is CO[C@@H]1CCC[C@H](O)[C@@H](OCc2ccccc2)[C@H](OCc2ccccc2)[C@H]1OCc1ccccc1. The first-order valence-electron chi connectivity index (χ1n) is 12.4. The molecule has 35 heavy (non-hydrogen) atoms. The zero-order valence-corrected chi connectivity index (χ0v) is 20.4. The van der Waals surface area contributed by atoms with Crippen LogP contribution in [0.2, 0.25) is 0 Å². The average Bonchev–Trinajstić information content (AvgIpc) is 2.91. The lowest BCUT2D eigenvalue weighted by Gasteiger charge is -2.41. The molecule has 0 aliphatic heterocycles. The fourth-order valence-electron chi connectivity index (χ4n) is 4.62. The Morgan fingerprint density at radius 2 is 1.03 bits per heavy atom. The fraction of sp³-hybridized carbons (Fsp3) is 0.400. The third kappa shape index (κ3) is 7.47. The summed E-state index contributed by atoms with van der Waals surface area (Å²) in [6, 6.07) is 30.1. The number of ether oxygens (including phenoxy) is 4. The van der Waals surface area contributed by atoms with Crippen LogP contribution in [0.5, 0.6) is 0 Å². The van der Waals surface area contributed by atoms with Gasteiger partial charge in [-0.05, 0) is 36.0 Å². The second kappa shape index (κ2) is 13.5. The van der Waals surface area contributed by atoms with Gasteiger partial charge in [0, 0.05) is 7.11 Å². The van der Waals surface area contributed by atoms with E-state index in [1.54, 1.807) is 7.11 Å². The van der Waals surface area contributed by atoms with E-state index in [-0.39, 0.29) is 6.10 Å². The molecular formula is C30H36O5. The number of methoxy groups -OCH3 is 1. The van der Waals surface area contributed by atoms with Crippen molar-refractivity contribution in [2.45, 2.75) is 69.6 Å². The lowest BCUT2D eigenvalue weighted by molar-refractivity contribution is -0.211. The molecule has 1 saturated carbocycles. The van der Waals surface area contributed by atoms with Gasteiger partial charge in [-0.15, -0.1) is 0 Å². The van der Waals surface area contributed by atoms with Crippen LogP contribution in [0.15, 0.2) is 91.0 Å². The van der Waals surface area contributed by atoms with Crippen LogP contribution in [0.3, 0.4) is 0 Å². The minimum absolute atomic E-state index is 0.171. The molecule has 1 aliphatic rings. The van der Waals surface area contributed by atoms with Gasteiger partial charge in [-0.3, -0.25) is 0 Å². The summed E-state index contributed by atoms with van der Waals surface area (Å²) >= 11 is 0. The maximum absolute atomic E-state index is 11.2. The molecule has 1 fully saturated rings. The number of rotatable bonds is 10. The van der Waals surface area contributed by atoms with Gasteiger partial charge >= 0.3 is 0 Å². The first kappa shape index (κ1) is 25.5. The molecule has 0 aromatic heterocycles. The highest BCUT2D eigenvalue weighted by molar-refractivity contribution is 5.15. The highest BCUT2D eigenvalue weighted by Crippen LogP contribution is 2.29. The molecule has 0 unspecified atom stereocenters. The second-order valence-electron chi connectivity index (χ2n) is 9.06. The number of aliphatic hydroxyl groups is 1. The summed E-state index contributed by atoms with van der Waals surface area (Å²) in [6.45, 7) is 1.21. The van der Waals surface area contributed by atoms with Crippen molar-refractivity contribution in [3.05, 3.63) is 108 Å². The Kier molecular flexibility index (Phi) is 9.87. The third-order valence-corrected chi connectivity index (χ3v) is 6.54. The van der Waals surface area contributed by atoms with Crippen LogP contribution in [0.1, 0.15) is 36.0 Å². The van der Waals surface area contributed by atoms with E-state index in [1.807, 2.05) is 91.0 Å². The van der Waals surface area contributed by atoms with Crippen LogP contribution >= 0.6 is 0 Å². The molecule has 0 saturated heterocycles. The summed E-state index contributed by atoms with van der Waals surface area (Å²) in [7, 11) is 1.72. The third-order valence-electron chi connectivity index (χ3n) is 6.54. The molecule has 4 rings (SSSR count). The van der Waals surface area contributed by atoms with E-state index in [0.717, 1.165) is 29.5 Å². The molecule has 5 nitrogen and oxygen atoms in total. The van der Waals surface area contributed by atoms with E-state index in [9.17, 15) is 5.11 Å². The number of hydrogen-bond donors (Lipinski definition) is 1. The van der Waals surface area contributed by atoms with Crippen molar-refractivity contribution in [3.63, 3.8) is 0 Å². The van der Waals surface area contributed by atoms with E-state index in [0.29, 0.717) is 26.2 Å². The highest BCUT2D eigenvalue weighted by atomic mass is 16.6. The van der Waals surface area contributed by atoms with Crippen molar-refractivity contribution < 1.29 is 24.1 Å². The first-order chi connectivity index (χ1) is 17.2. The summed E-state index contributed by atoms with van der Waals surface area (Å²) in [5.41, 5.74) is 3.18. The quantitative estimate of drug-likeness (QED) is 0.430. The van der Waals surface area contributed by atoms with Crippen molar-refractivity contribution in [2.24, 2.45) is 0 Å². The molecular weight excluding hydrogens is 440 g/mol. The lowest BCUT2D eigenvalue weighted by Crippen LogP contribution is -2.54. The van der Waals surface area contributed by atoms with Gasteiger partial charge in [-0.2, -0.15) is 0 Å². The van der Waals surface area contributed by atoms with Gasteiger partial charge in [0.05, 0.1) is 32.0 Å². The molecule has 0 radical (unpaired) electrons. The van der Waals surface area contributed by atoms with Crippen LogP contribution in [0.25, 0.3) is 0 Å². The standard InChI is InChI=1S/C30H36O5/c1-32-27-19-11-18-26(31)28(33-20-23-12-5-2-6-13-23)30(35-22-25-16-9-4-10-17-25)29(27)34-21-24-14-7-3-8-15-24/h2-10,12-17,26-31H,11,18-22H2,1H3/t26-,27+,28+,29-,30-/m0/s1. The summed E-state index contributed by atoms with van der Waals surface area (Å²) in [6.07, 6.45) is -0.0869. The van der Waals surface area contributed by atoms with E-state index in [4.69, 9.17) is 18.9 Å². The van der Waals surface area contributed by atoms with Gasteiger partial charge < -0.3 is 24.1 Å². The molecule has 1 N–H and O–H groups in total. The number of aliphatic hydroxyl groups excluding tert-OH is 1. The zero-order valence-electron chi connectivity index (χ0n) is 20.4. The molecule has 1 aliphatic carbocycles. The molecule has 0 amide bonds. The van der Waals surface area contributed by atoms with Gasteiger partial charge in [0.1, 0.15) is 18.3 Å². The van der Waals surface area contributed by atoms with E-state index in [2.05, 4.69) is 0 Å². The summed E-state index contributed by atoms with van der Waals surface area (Å²) in [5.74, 6) is 0. The maximum atomic E-state index is 11.2. The highest BCUT2D eigenvalue weighted by Gasteiger charge is 2.42. The smallest absolute Gasteiger partial charge is 0.115 e. The van der Waals surface area contributed by atoms with Crippen molar-refractivity contribution in [1.82, 2.24) is 0 Å². The van der Waals surface area contributed by atoms with Crippen molar-refractivity contribution in [1.29, 1.82) is 0 Å². The van der Waals surface area contributed by atoms with Gasteiger partial charge in [-0.1, -0.05) is 91.0 Å².